The van der Waals surface area contributed by atoms with Gasteiger partial charge in [-0.1, -0.05) is 78.9 Å². The molecule has 0 aromatic heterocycles. The number of aliphatic hydroxyl groups is 1. The summed E-state index contributed by atoms with van der Waals surface area (Å²) < 4.78 is 0. The first-order valence-electron chi connectivity index (χ1n) is 10.8. The highest BCUT2D eigenvalue weighted by molar-refractivity contribution is 5.96. The Balaban J connectivity index is 1.22. The Kier molecular flexibility index (Phi) is 6.73. The first-order valence-corrected chi connectivity index (χ1v) is 10.8. The monoisotopic (exact) mass is 399 g/mol. The standard InChI is InChI=1S/C27H29NO2/c29-26(20-28-18-17-22-9-4-5-10-25(22)19-28)11-6-12-27(30)24-15-13-23(14-16-24)21-7-2-1-3-8-21/h1-5,7-10,13-16,26,29H,6,11-12,17-20H2. The Morgan fingerprint density at radius 2 is 1.53 bits per heavy atom. The van der Waals surface area contributed by atoms with E-state index in [1.165, 1.54) is 11.1 Å². The van der Waals surface area contributed by atoms with Gasteiger partial charge < -0.3 is 5.11 Å². The van der Waals surface area contributed by atoms with Crippen molar-refractivity contribution in [1.29, 1.82) is 0 Å². The predicted octanol–water partition coefficient (Wildman–Crippen LogP) is 5.13. The van der Waals surface area contributed by atoms with E-state index >= 15 is 0 Å². The maximum absolute atomic E-state index is 12.5. The summed E-state index contributed by atoms with van der Waals surface area (Å²) in [5.74, 6) is 0.147. The first-order chi connectivity index (χ1) is 14.7. The van der Waals surface area contributed by atoms with Gasteiger partial charge in [0, 0.05) is 31.6 Å². The highest BCUT2D eigenvalue weighted by Gasteiger charge is 2.18. The van der Waals surface area contributed by atoms with Crippen LogP contribution >= 0.6 is 0 Å². The molecule has 1 aliphatic heterocycles. The third-order valence-corrected chi connectivity index (χ3v) is 5.93. The summed E-state index contributed by atoms with van der Waals surface area (Å²) in [6, 6.07) is 26.5. The van der Waals surface area contributed by atoms with E-state index in [1.807, 2.05) is 42.5 Å². The van der Waals surface area contributed by atoms with E-state index in [1.54, 1.807) is 0 Å². The summed E-state index contributed by atoms with van der Waals surface area (Å²) in [7, 11) is 0. The lowest BCUT2D eigenvalue weighted by molar-refractivity contribution is 0.0901. The average Bonchev–Trinajstić information content (AvgIpc) is 2.79. The van der Waals surface area contributed by atoms with E-state index in [2.05, 4.69) is 41.3 Å². The molecule has 0 amide bonds. The van der Waals surface area contributed by atoms with E-state index in [-0.39, 0.29) is 11.9 Å². The zero-order chi connectivity index (χ0) is 20.8. The molecule has 0 bridgehead atoms. The molecule has 0 aliphatic carbocycles. The molecule has 3 heteroatoms. The summed E-state index contributed by atoms with van der Waals surface area (Å²) in [4.78, 5) is 14.8. The number of hydrogen-bond acceptors (Lipinski definition) is 3. The topological polar surface area (TPSA) is 40.5 Å². The number of β-amino-alcohol motifs (C(OH)–C–C–N with tert-alkyl or cyclic N) is 1. The summed E-state index contributed by atoms with van der Waals surface area (Å²) in [6.07, 6.45) is 2.51. The zero-order valence-corrected chi connectivity index (χ0v) is 17.3. The molecule has 1 N–H and O–H groups in total. The minimum Gasteiger partial charge on any atom is -0.392 e. The van der Waals surface area contributed by atoms with E-state index < -0.39 is 0 Å². The second kappa shape index (κ2) is 9.84. The maximum Gasteiger partial charge on any atom is 0.162 e. The second-order valence-electron chi connectivity index (χ2n) is 8.17. The first kappa shape index (κ1) is 20.5. The van der Waals surface area contributed by atoms with Gasteiger partial charge in [-0.2, -0.15) is 0 Å². The van der Waals surface area contributed by atoms with Crippen molar-refractivity contribution < 1.29 is 9.90 Å². The molecule has 154 valence electrons. The van der Waals surface area contributed by atoms with E-state index in [0.717, 1.165) is 36.2 Å². The normalized spacial score (nSPS) is 14.8. The summed E-state index contributed by atoms with van der Waals surface area (Å²) in [6.45, 7) is 2.56. The molecule has 0 spiro atoms. The third kappa shape index (κ3) is 5.24. The molecule has 3 nitrogen and oxygen atoms in total. The Labute approximate surface area is 179 Å². The van der Waals surface area contributed by atoms with Gasteiger partial charge in [-0.25, -0.2) is 0 Å². The number of aliphatic hydroxyl groups excluding tert-OH is 1. The van der Waals surface area contributed by atoms with Crippen molar-refractivity contribution in [3.8, 4) is 11.1 Å². The van der Waals surface area contributed by atoms with Crippen LogP contribution in [0.1, 0.15) is 40.7 Å². The van der Waals surface area contributed by atoms with Crippen LogP contribution in [-0.4, -0.2) is 35.0 Å². The van der Waals surface area contributed by atoms with Crippen LogP contribution in [0.15, 0.2) is 78.9 Å². The summed E-state index contributed by atoms with van der Waals surface area (Å²) >= 11 is 0. The maximum atomic E-state index is 12.5. The molecule has 3 aromatic rings. The van der Waals surface area contributed by atoms with Gasteiger partial charge in [0.05, 0.1) is 6.10 Å². The highest BCUT2D eigenvalue weighted by Crippen LogP contribution is 2.21. The average molecular weight is 400 g/mol. The van der Waals surface area contributed by atoms with E-state index in [9.17, 15) is 9.90 Å². The Hall–Kier alpha value is -2.75. The molecular formula is C27H29NO2. The van der Waals surface area contributed by atoms with Crippen LogP contribution in [0.5, 0.6) is 0 Å². The quantitative estimate of drug-likeness (QED) is 0.534. The third-order valence-electron chi connectivity index (χ3n) is 5.93. The predicted molar refractivity (Wildman–Crippen MR) is 121 cm³/mol. The Morgan fingerprint density at radius 1 is 0.867 bits per heavy atom. The van der Waals surface area contributed by atoms with Crippen LogP contribution in [-0.2, 0) is 13.0 Å². The fourth-order valence-electron chi connectivity index (χ4n) is 4.22. The van der Waals surface area contributed by atoms with Gasteiger partial charge in [-0.15, -0.1) is 0 Å². The smallest absolute Gasteiger partial charge is 0.162 e. The van der Waals surface area contributed by atoms with Gasteiger partial charge in [0.25, 0.3) is 0 Å². The molecule has 4 rings (SSSR count). The van der Waals surface area contributed by atoms with Gasteiger partial charge in [0.1, 0.15) is 0 Å². The molecule has 1 unspecified atom stereocenters. The molecule has 1 heterocycles. The minimum atomic E-state index is -0.386. The molecule has 1 aliphatic rings. The minimum absolute atomic E-state index is 0.147. The number of nitrogens with zero attached hydrogens (tertiary/aromatic N) is 1. The van der Waals surface area contributed by atoms with Gasteiger partial charge in [0.2, 0.25) is 0 Å². The summed E-state index contributed by atoms with van der Waals surface area (Å²) in [5, 5.41) is 10.4. The number of benzene rings is 3. The van der Waals surface area contributed by atoms with Gasteiger partial charge in [-0.3, -0.25) is 9.69 Å². The number of fused-ring (bicyclic) bond motifs is 1. The number of hydrogen-bond donors (Lipinski definition) is 1. The molecule has 0 fully saturated rings. The summed E-state index contributed by atoms with van der Waals surface area (Å²) in [5.41, 5.74) is 5.81. The Morgan fingerprint density at radius 3 is 2.30 bits per heavy atom. The molecule has 0 saturated heterocycles. The molecule has 1 atom stereocenters. The molecule has 0 saturated carbocycles. The number of rotatable bonds is 8. The SMILES string of the molecule is O=C(CCCC(O)CN1CCc2ccccc2C1)c1ccc(-c2ccccc2)cc1. The molecular weight excluding hydrogens is 370 g/mol. The van der Waals surface area contributed by atoms with Crippen LogP contribution in [0.3, 0.4) is 0 Å². The fourth-order valence-corrected chi connectivity index (χ4v) is 4.22. The van der Waals surface area contributed by atoms with E-state index in [4.69, 9.17) is 0 Å². The lowest BCUT2D eigenvalue weighted by Gasteiger charge is -2.30. The van der Waals surface area contributed by atoms with Crippen molar-refractivity contribution >= 4 is 5.78 Å². The van der Waals surface area contributed by atoms with Crippen LogP contribution in [0.25, 0.3) is 11.1 Å². The van der Waals surface area contributed by atoms with Gasteiger partial charge in [0.15, 0.2) is 5.78 Å². The lowest BCUT2D eigenvalue weighted by atomic mass is 9.98. The molecule has 30 heavy (non-hydrogen) atoms. The second-order valence-corrected chi connectivity index (χ2v) is 8.17. The van der Waals surface area contributed by atoms with Crippen molar-refractivity contribution in [3.05, 3.63) is 95.6 Å². The molecule has 3 aromatic carbocycles. The van der Waals surface area contributed by atoms with Crippen molar-refractivity contribution in [2.24, 2.45) is 0 Å². The highest BCUT2D eigenvalue weighted by atomic mass is 16.3. The van der Waals surface area contributed by atoms with Crippen molar-refractivity contribution in [2.45, 2.75) is 38.3 Å². The van der Waals surface area contributed by atoms with E-state index in [0.29, 0.717) is 25.8 Å². The fraction of sp³-hybridized carbons (Fsp3) is 0.296. The Bertz CT molecular complexity index is 966. The number of carbonyl (C=O) groups excluding carboxylic acids is 1. The largest absolute Gasteiger partial charge is 0.392 e. The lowest BCUT2D eigenvalue weighted by Crippen LogP contribution is -2.36. The number of Topliss-reactive ketones (excluding diaryl/α,β-unsaturated/α-hetero) is 1. The van der Waals surface area contributed by atoms with Crippen LogP contribution < -0.4 is 0 Å². The van der Waals surface area contributed by atoms with Gasteiger partial charge in [-0.05, 0) is 41.5 Å². The van der Waals surface area contributed by atoms with Crippen LogP contribution in [0.2, 0.25) is 0 Å². The van der Waals surface area contributed by atoms with Crippen LogP contribution in [0.4, 0.5) is 0 Å². The molecule has 0 radical (unpaired) electrons. The van der Waals surface area contributed by atoms with Crippen LogP contribution in [0, 0.1) is 0 Å². The number of carbonyl (C=O) groups is 1. The number of ketones is 1. The zero-order valence-electron chi connectivity index (χ0n) is 17.3. The van der Waals surface area contributed by atoms with Crippen molar-refractivity contribution in [3.63, 3.8) is 0 Å². The van der Waals surface area contributed by atoms with Crippen molar-refractivity contribution in [2.75, 3.05) is 13.1 Å². The van der Waals surface area contributed by atoms with Crippen molar-refractivity contribution in [1.82, 2.24) is 4.90 Å². The van der Waals surface area contributed by atoms with Gasteiger partial charge >= 0.3 is 0 Å².